The second-order valence-corrected chi connectivity index (χ2v) is 4.59. The van der Waals surface area contributed by atoms with Crippen molar-refractivity contribution in [2.24, 2.45) is 17.2 Å². The largest absolute Gasteiger partial charge is 0.480 e. The second kappa shape index (κ2) is 9.32. The third-order valence-electron chi connectivity index (χ3n) is 2.59. The van der Waals surface area contributed by atoms with Crippen molar-refractivity contribution in [2.75, 3.05) is 6.61 Å². The minimum atomic E-state index is -1.62. The molecule has 0 aliphatic heterocycles. The van der Waals surface area contributed by atoms with Crippen LogP contribution in [0.15, 0.2) is 0 Å². The first-order valence-electron chi connectivity index (χ1n) is 6.35. The van der Waals surface area contributed by atoms with Crippen LogP contribution in [0, 0.1) is 0 Å². The molecule has 0 bridgehead atoms. The van der Waals surface area contributed by atoms with Crippen LogP contribution in [0.2, 0.25) is 0 Å². The maximum Gasteiger partial charge on any atom is 0.326 e. The molecular weight excluding hydrogens is 314 g/mol. The molecular formula is C11H19N5O7. The number of carbonyl (C=O) groups excluding carboxylic acids is 4. The first-order valence-corrected chi connectivity index (χ1v) is 6.35. The lowest BCUT2D eigenvalue weighted by Crippen LogP contribution is -2.56. The fourth-order valence-electron chi connectivity index (χ4n) is 1.46. The van der Waals surface area contributed by atoms with Crippen LogP contribution >= 0.6 is 0 Å². The van der Waals surface area contributed by atoms with Crippen molar-refractivity contribution in [3.8, 4) is 0 Å². The number of carboxylic acids is 1. The lowest BCUT2D eigenvalue weighted by molar-refractivity contribution is -0.144. The average molecular weight is 333 g/mol. The molecule has 0 spiro atoms. The number of aliphatic hydroxyl groups is 1. The molecule has 0 saturated heterocycles. The summed E-state index contributed by atoms with van der Waals surface area (Å²) in [6.07, 6.45) is -1.15. The Bertz CT molecular complexity index is 495. The van der Waals surface area contributed by atoms with Crippen LogP contribution in [0.3, 0.4) is 0 Å². The van der Waals surface area contributed by atoms with Crippen LogP contribution in [-0.2, 0) is 24.0 Å². The second-order valence-electron chi connectivity index (χ2n) is 4.59. The summed E-state index contributed by atoms with van der Waals surface area (Å²) in [6.45, 7) is -0.871. The van der Waals surface area contributed by atoms with Gasteiger partial charge >= 0.3 is 5.97 Å². The molecule has 0 radical (unpaired) electrons. The van der Waals surface area contributed by atoms with Gasteiger partial charge in [0, 0.05) is 0 Å². The van der Waals surface area contributed by atoms with Gasteiger partial charge in [-0.05, 0) is 0 Å². The van der Waals surface area contributed by atoms with Crippen LogP contribution in [0.4, 0.5) is 0 Å². The van der Waals surface area contributed by atoms with E-state index in [1.807, 2.05) is 10.6 Å². The molecule has 10 N–H and O–H groups in total. The van der Waals surface area contributed by atoms with Gasteiger partial charge in [-0.1, -0.05) is 0 Å². The number of carbonyl (C=O) groups is 5. The molecule has 4 amide bonds. The van der Waals surface area contributed by atoms with Crippen molar-refractivity contribution in [3.05, 3.63) is 0 Å². The molecule has 0 heterocycles. The summed E-state index contributed by atoms with van der Waals surface area (Å²) in [4.78, 5) is 55.7. The highest BCUT2D eigenvalue weighted by Gasteiger charge is 2.28. The first kappa shape index (κ1) is 20.3. The first-order chi connectivity index (χ1) is 10.6. The molecule has 0 aromatic rings. The van der Waals surface area contributed by atoms with Gasteiger partial charge in [0.25, 0.3) is 0 Å². The fraction of sp³-hybridized carbons (Fsp3) is 0.545. The maximum absolute atomic E-state index is 11.8. The van der Waals surface area contributed by atoms with Gasteiger partial charge in [0.1, 0.15) is 12.1 Å². The number of hydrogen-bond acceptors (Lipinski definition) is 7. The van der Waals surface area contributed by atoms with Gasteiger partial charge < -0.3 is 38.0 Å². The minimum Gasteiger partial charge on any atom is -0.480 e. The normalized spacial score (nSPS) is 14.2. The molecule has 12 nitrogen and oxygen atoms in total. The van der Waals surface area contributed by atoms with E-state index in [0.717, 1.165) is 0 Å². The number of carboxylic acid groups (broad SMARTS) is 1. The van der Waals surface area contributed by atoms with Gasteiger partial charge in [-0.2, -0.15) is 0 Å². The molecule has 0 aliphatic carbocycles. The van der Waals surface area contributed by atoms with Gasteiger partial charge in [0.15, 0.2) is 0 Å². The van der Waals surface area contributed by atoms with Gasteiger partial charge in [0.2, 0.25) is 23.6 Å². The lowest BCUT2D eigenvalue weighted by Gasteiger charge is -2.20. The van der Waals surface area contributed by atoms with E-state index in [4.69, 9.17) is 27.4 Å². The zero-order valence-corrected chi connectivity index (χ0v) is 12.0. The summed E-state index contributed by atoms with van der Waals surface area (Å²) in [6, 6.07) is -4.49. The summed E-state index contributed by atoms with van der Waals surface area (Å²) in [5.74, 6) is -5.35. The van der Waals surface area contributed by atoms with E-state index in [9.17, 15) is 24.0 Å². The SMILES string of the molecule is NC(=O)C[C@H](NC(=O)[C@H](CO)NC(=O)[C@@H](N)CC(N)=O)C(=O)O. The van der Waals surface area contributed by atoms with Crippen molar-refractivity contribution >= 4 is 29.6 Å². The van der Waals surface area contributed by atoms with E-state index >= 15 is 0 Å². The Morgan fingerprint density at radius 3 is 1.74 bits per heavy atom. The number of aliphatic carboxylic acids is 1. The quantitative estimate of drug-likeness (QED) is 0.204. The molecule has 0 aromatic heterocycles. The monoisotopic (exact) mass is 333 g/mol. The third kappa shape index (κ3) is 7.73. The van der Waals surface area contributed by atoms with Crippen LogP contribution in [0.1, 0.15) is 12.8 Å². The van der Waals surface area contributed by atoms with Crippen molar-refractivity contribution in [3.63, 3.8) is 0 Å². The zero-order valence-electron chi connectivity index (χ0n) is 12.0. The summed E-state index contributed by atoms with van der Waals surface area (Å²) in [5.41, 5.74) is 15.1. The van der Waals surface area contributed by atoms with Gasteiger partial charge in [-0.25, -0.2) is 4.79 Å². The molecule has 0 rings (SSSR count). The molecule has 12 heteroatoms. The van der Waals surface area contributed by atoms with Crippen LogP contribution < -0.4 is 27.8 Å². The average Bonchev–Trinajstić information content (AvgIpc) is 2.41. The minimum absolute atomic E-state index is 0.481. The Hall–Kier alpha value is -2.73. The molecule has 0 aliphatic rings. The third-order valence-corrected chi connectivity index (χ3v) is 2.59. The highest BCUT2D eigenvalue weighted by Crippen LogP contribution is 1.95. The Morgan fingerprint density at radius 2 is 1.35 bits per heavy atom. The van der Waals surface area contributed by atoms with Gasteiger partial charge in [0.05, 0.1) is 25.5 Å². The van der Waals surface area contributed by atoms with Crippen LogP contribution in [-0.4, -0.2) is 64.5 Å². The van der Waals surface area contributed by atoms with Gasteiger partial charge in [-0.3, -0.25) is 19.2 Å². The van der Waals surface area contributed by atoms with Crippen molar-refractivity contribution in [1.29, 1.82) is 0 Å². The molecule has 0 unspecified atom stereocenters. The number of aliphatic hydroxyl groups excluding tert-OH is 1. The standard InChI is InChI=1S/C11H19N5O7/c12-4(1-7(13)18)9(20)16-6(3-17)10(21)15-5(11(22)23)2-8(14)19/h4-6,17H,1-3,12H2,(H2,13,18)(H2,14,19)(H,15,21)(H,16,20)(H,22,23)/t4-,5-,6-/m0/s1. The van der Waals surface area contributed by atoms with Crippen LogP contribution in [0.25, 0.3) is 0 Å². The number of nitrogens with one attached hydrogen (secondary N) is 2. The summed E-state index contributed by atoms with van der Waals surface area (Å²) in [5, 5.41) is 21.9. The number of rotatable bonds is 10. The lowest BCUT2D eigenvalue weighted by atomic mass is 10.1. The number of primary amides is 2. The van der Waals surface area contributed by atoms with E-state index in [1.54, 1.807) is 0 Å². The Balaban J connectivity index is 4.78. The Morgan fingerprint density at radius 1 is 0.870 bits per heavy atom. The summed E-state index contributed by atoms with van der Waals surface area (Å²) < 4.78 is 0. The van der Waals surface area contributed by atoms with Crippen molar-refractivity contribution < 1.29 is 34.2 Å². The molecule has 130 valence electrons. The predicted octanol–water partition coefficient (Wildman–Crippen LogP) is -4.89. The predicted molar refractivity (Wildman–Crippen MR) is 74.2 cm³/mol. The molecule has 0 aromatic carbocycles. The smallest absolute Gasteiger partial charge is 0.326 e. The molecule has 23 heavy (non-hydrogen) atoms. The molecule has 0 fully saturated rings. The van der Waals surface area contributed by atoms with E-state index in [0.29, 0.717) is 0 Å². The number of amides is 4. The topological polar surface area (TPSA) is 228 Å². The highest BCUT2D eigenvalue weighted by molar-refractivity contribution is 5.94. The molecule has 3 atom stereocenters. The van der Waals surface area contributed by atoms with Gasteiger partial charge in [-0.15, -0.1) is 0 Å². The van der Waals surface area contributed by atoms with Crippen molar-refractivity contribution in [2.45, 2.75) is 31.0 Å². The summed E-state index contributed by atoms with van der Waals surface area (Å²) >= 11 is 0. The zero-order chi connectivity index (χ0) is 18.2. The fourth-order valence-corrected chi connectivity index (χ4v) is 1.46. The van der Waals surface area contributed by atoms with E-state index < -0.39 is 67.2 Å². The van der Waals surface area contributed by atoms with E-state index in [-0.39, 0.29) is 0 Å². The maximum atomic E-state index is 11.8. The van der Waals surface area contributed by atoms with E-state index in [2.05, 4.69) is 0 Å². The van der Waals surface area contributed by atoms with E-state index in [1.165, 1.54) is 0 Å². The van der Waals surface area contributed by atoms with Crippen molar-refractivity contribution in [1.82, 2.24) is 10.6 Å². The highest BCUT2D eigenvalue weighted by atomic mass is 16.4. The van der Waals surface area contributed by atoms with Crippen LogP contribution in [0.5, 0.6) is 0 Å². The summed E-state index contributed by atoms with van der Waals surface area (Å²) in [7, 11) is 0. The molecule has 0 saturated carbocycles. The Kier molecular flexibility index (Phi) is 8.21. The number of hydrogen-bond donors (Lipinski definition) is 7. The number of nitrogens with two attached hydrogens (primary N) is 3. The Labute approximate surface area is 130 Å².